The quantitative estimate of drug-likeness (QED) is 0.575. The Morgan fingerprint density at radius 3 is 2.43 bits per heavy atom. The van der Waals surface area contributed by atoms with E-state index in [-0.39, 0.29) is 23.8 Å². The van der Waals surface area contributed by atoms with Gasteiger partial charge >= 0.3 is 0 Å². The van der Waals surface area contributed by atoms with Crippen molar-refractivity contribution in [2.45, 2.75) is 24.3 Å². The van der Waals surface area contributed by atoms with Gasteiger partial charge in [-0.2, -0.15) is 0 Å². The first-order valence-electron chi connectivity index (χ1n) is 9.06. The minimum Gasteiger partial charge on any atom is -0.454 e. The molecule has 1 atom stereocenters. The number of hydrogen-bond donors (Lipinski definition) is 2. The van der Waals surface area contributed by atoms with Crippen molar-refractivity contribution in [2.75, 3.05) is 17.4 Å². The van der Waals surface area contributed by atoms with Crippen molar-refractivity contribution < 1.29 is 23.5 Å². The Morgan fingerprint density at radius 2 is 1.70 bits per heavy atom. The van der Waals surface area contributed by atoms with E-state index in [9.17, 15) is 9.59 Å². The second kappa shape index (κ2) is 8.46. The van der Waals surface area contributed by atoms with Gasteiger partial charge in [-0.1, -0.05) is 11.8 Å². The number of fused-ring (bicyclic) bond motifs is 1. The van der Waals surface area contributed by atoms with Gasteiger partial charge in [-0.05, 0) is 49.4 Å². The van der Waals surface area contributed by atoms with E-state index >= 15 is 0 Å². The minimum absolute atomic E-state index is 0.156. The van der Waals surface area contributed by atoms with Crippen LogP contribution in [0, 0.1) is 0 Å². The van der Waals surface area contributed by atoms with Crippen molar-refractivity contribution in [1.82, 2.24) is 10.2 Å². The van der Waals surface area contributed by atoms with Crippen LogP contribution in [0.15, 0.2) is 52.1 Å². The molecular weight excluding hydrogens is 408 g/mol. The van der Waals surface area contributed by atoms with Crippen molar-refractivity contribution in [2.24, 2.45) is 0 Å². The summed E-state index contributed by atoms with van der Waals surface area (Å²) < 4.78 is 16.3. The smallest absolute Gasteiger partial charge is 0.277 e. The summed E-state index contributed by atoms with van der Waals surface area (Å²) in [5, 5.41) is 13.4. The third-order valence-electron chi connectivity index (χ3n) is 4.15. The standard InChI is InChI=1S/C20H18N4O5S/c1-11(18(26)22-15-6-4-14(5-7-15)21-12(2)25)30-20-24-23-19(29-20)13-3-8-16-17(9-13)28-10-27-16/h3-9,11H,10H2,1-2H3,(H,21,25)(H,22,26)/t11-/m0/s1. The van der Waals surface area contributed by atoms with E-state index in [1.807, 2.05) is 0 Å². The average Bonchev–Trinajstić information content (AvgIpc) is 3.37. The van der Waals surface area contributed by atoms with Crippen molar-refractivity contribution in [3.05, 3.63) is 42.5 Å². The SMILES string of the molecule is CC(=O)Nc1ccc(NC(=O)[C@H](C)Sc2nnc(-c3ccc4c(c3)OCO4)o2)cc1. The number of benzene rings is 2. The Morgan fingerprint density at radius 1 is 1.00 bits per heavy atom. The van der Waals surface area contributed by atoms with Crippen LogP contribution < -0.4 is 20.1 Å². The molecule has 9 nitrogen and oxygen atoms in total. The van der Waals surface area contributed by atoms with Crippen LogP contribution >= 0.6 is 11.8 Å². The fourth-order valence-corrected chi connectivity index (χ4v) is 3.38. The molecule has 10 heteroatoms. The predicted octanol–water partition coefficient (Wildman–Crippen LogP) is 3.54. The second-order valence-electron chi connectivity index (χ2n) is 6.45. The molecule has 0 unspecified atom stereocenters. The molecule has 0 saturated carbocycles. The summed E-state index contributed by atoms with van der Waals surface area (Å²) in [5.41, 5.74) is 1.98. The first-order valence-corrected chi connectivity index (χ1v) is 9.94. The van der Waals surface area contributed by atoms with E-state index in [4.69, 9.17) is 13.9 Å². The van der Waals surface area contributed by atoms with Crippen molar-refractivity contribution in [3.8, 4) is 23.0 Å². The van der Waals surface area contributed by atoms with Gasteiger partial charge in [-0.25, -0.2) is 0 Å². The Hall–Kier alpha value is -3.53. The maximum atomic E-state index is 12.5. The lowest BCUT2D eigenvalue weighted by Gasteiger charge is -2.10. The van der Waals surface area contributed by atoms with E-state index in [2.05, 4.69) is 20.8 Å². The number of ether oxygens (including phenoxy) is 2. The van der Waals surface area contributed by atoms with Crippen molar-refractivity contribution in [3.63, 3.8) is 0 Å². The monoisotopic (exact) mass is 426 g/mol. The number of hydrogen-bond acceptors (Lipinski definition) is 8. The third kappa shape index (κ3) is 4.54. The highest BCUT2D eigenvalue weighted by atomic mass is 32.2. The number of nitrogens with zero attached hydrogens (tertiary/aromatic N) is 2. The van der Waals surface area contributed by atoms with Crippen molar-refractivity contribution in [1.29, 1.82) is 0 Å². The molecule has 0 radical (unpaired) electrons. The molecule has 0 aliphatic carbocycles. The number of thioether (sulfide) groups is 1. The van der Waals surface area contributed by atoms with Crippen LogP contribution in [-0.4, -0.2) is 34.1 Å². The van der Waals surface area contributed by atoms with Crippen LogP contribution in [0.2, 0.25) is 0 Å². The molecule has 2 amide bonds. The topological polar surface area (TPSA) is 116 Å². The van der Waals surface area contributed by atoms with Crippen LogP contribution in [0.1, 0.15) is 13.8 Å². The number of anilines is 2. The fourth-order valence-electron chi connectivity index (χ4n) is 2.69. The molecule has 2 aromatic carbocycles. The third-order valence-corrected chi connectivity index (χ3v) is 5.08. The molecule has 1 aliphatic heterocycles. The van der Waals surface area contributed by atoms with E-state index < -0.39 is 5.25 Å². The molecule has 2 heterocycles. The molecule has 0 saturated heterocycles. The molecule has 0 spiro atoms. The number of nitrogens with one attached hydrogen (secondary N) is 2. The minimum atomic E-state index is -0.468. The van der Waals surface area contributed by atoms with Gasteiger partial charge in [0.1, 0.15) is 0 Å². The summed E-state index contributed by atoms with van der Waals surface area (Å²) in [7, 11) is 0. The first kappa shape index (κ1) is 19.8. The Kier molecular flexibility index (Phi) is 5.57. The Labute approximate surface area is 176 Å². The molecule has 1 aromatic heterocycles. The van der Waals surface area contributed by atoms with Gasteiger partial charge in [-0.3, -0.25) is 9.59 Å². The van der Waals surface area contributed by atoms with Gasteiger partial charge in [0, 0.05) is 23.9 Å². The molecule has 0 fully saturated rings. The van der Waals surface area contributed by atoms with Crippen LogP contribution in [0.3, 0.4) is 0 Å². The lowest BCUT2D eigenvalue weighted by Crippen LogP contribution is -2.22. The van der Waals surface area contributed by atoms with Crippen LogP contribution in [-0.2, 0) is 9.59 Å². The fraction of sp³-hybridized carbons (Fsp3) is 0.200. The van der Waals surface area contributed by atoms with E-state index in [0.29, 0.717) is 34.3 Å². The maximum absolute atomic E-state index is 12.5. The molecule has 154 valence electrons. The summed E-state index contributed by atoms with van der Waals surface area (Å²) in [6.45, 7) is 3.37. The van der Waals surface area contributed by atoms with Gasteiger partial charge < -0.3 is 24.5 Å². The Bertz CT molecular complexity index is 1080. The summed E-state index contributed by atoms with van der Waals surface area (Å²) in [5.74, 6) is 1.25. The highest BCUT2D eigenvalue weighted by Crippen LogP contribution is 2.36. The molecule has 2 N–H and O–H groups in total. The largest absolute Gasteiger partial charge is 0.454 e. The van der Waals surface area contributed by atoms with Gasteiger partial charge in [0.15, 0.2) is 11.5 Å². The lowest BCUT2D eigenvalue weighted by molar-refractivity contribution is -0.115. The summed E-state index contributed by atoms with van der Waals surface area (Å²) in [4.78, 5) is 23.5. The zero-order chi connectivity index (χ0) is 21.1. The first-order chi connectivity index (χ1) is 14.5. The average molecular weight is 426 g/mol. The summed E-state index contributed by atoms with van der Waals surface area (Å²) in [6.07, 6.45) is 0. The number of aromatic nitrogens is 2. The zero-order valence-electron chi connectivity index (χ0n) is 16.2. The normalized spacial score (nSPS) is 13.0. The van der Waals surface area contributed by atoms with Gasteiger partial charge in [0.25, 0.3) is 5.22 Å². The lowest BCUT2D eigenvalue weighted by atomic mass is 10.2. The highest BCUT2D eigenvalue weighted by molar-refractivity contribution is 8.00. The summed E-state index contributed by atoms with van der Waals surface area (Å²) >= 11 is 1.16. The van der Waals surface area contributed by atoms with Crippen LogP contribution in [0.5, 0.6) is 11.5 Å². The molecule has 4 rings (SSSR count). The van der Waals surface area contributed by atoms with Gasteiger partial charge in [-0.15, -0.1) is 10.2 Å². The number of rotatable bonds is 6. The van der Waals surface area contributed by atoms with Gasteiger partial charge in [0.05, 0.1) is 5.25 Å². The predicted molar refractivity (Wildman–Crippen MR) is 111 cm³/mol. The number of carbonyl (C=O) groups is 2. The highest BCUT2D eigenvalue weighted by Gasteiger charge is 2.20. The molecule has 30 heavy (non-hydrogen) atoms. The van der Waals surface area contributed by atoms with Gasteiger partial charge in [0.2, 0.25) is 24.5 Å². The number of amides is 2. The zero-order valence-corrected chi connectivity index (χ0v) is 17.0. The maximum Gasteiger partial charge on any atom is 0.277 e. The van der Waals surface area contributed by atoms with Crippen molar-refractivity contribution >= 4 is 35.0 Å². The molecule has 1 aliphatic rings. The van der Waals surface area contributed by atoms with E-state index in [0.717, 1.165) is 11.8 Å². The van der Waals surface area contributed by atoms with Crippen LogP contribution in [0.4, 0.5) is 11.4 Å². The molecular formula is C20H18N4O5S. The molecule has 3 aromatic rings. The van der Waals surface area contributed by atoms with Crippen LogP contribution in [0.25, 0.3) is 11.5 Å². The Balaban J connectivity index is 1.36. The number of carbonyl (C=O) groups excluding carboxylic acids is 2. The summed E-state index contributed by atoms with van der Waals surface area (Å²) in [6, 6.07) is 12.2. The van der Waals surface area contributed by atoms with E-state index in [1.54, 1.807) is 49.4 Å². The molecule has 0 bridgehead atoms. The van der Waals surface area contributed by atoms with E-state index in [1.165, 1.54) is 6.92 Å². The second-order valence-corrected chi connectivity index (χ2v) is 7.74.